The van der Waals surface area contributed by atoms with Gasteiger partial charge in [-0.1, -0.05) is 0 Å². The van der Waals surface area contributed by atoms with E-state index in [-0.39, 0.29) is 11.8 Å². The number of hydrogen-bond acceptors (Lipinski definition) is 3. The van der Waals surface area contributed by atoms with Crippen LogP contribution in [-0.2, 0) is 4.79 Å². The topological polar surface area (TPSA) is 74.4 Å². The molecule has 138 valence electrons. The average Bonchev–Trinajstić information content (AvgIpc) is 3.26. The first-order valence-electron chi connectivity index (χ1n) is 9.26. The summed E-state index contributed by atoms with van der Waals surface area (Å²) in [6.07, 6.45) is 4.82. The molecule has 1 aliphatic heterocycles. The van der Waals surface area contributed by atoms with Gasteiger partial charge in [0.15, 0.2) is 0 Å². The van der Waals surface area contributed by atoms with Crippen LogP contribution in [0.4, 0.5) is 0 Å². The van der Waals surface area contributed by atoms with Crippen molar-refractivity contribution in [3.8, 4) is 5.75 Å². The Morgan fingerprint density at radius 1 is 1.19 bits per heavy atom. The second-order valence-corrected chi connectivity index (χ2v) is 7.66. The van der Waals surface area contributed by atoms with Crippen LogP contribution in [0.3, 0.4) is 0 Å². The summed E-state index contributed by atoms with van der Waals surface area (Å²) < 4.78 is 5.21. The number of fused-ring (bicyclic) bond motifs is 1. The number of likely N-dealkylation sites (tertiary alicyclic amines) is 1. The lowest BCUT2D eigenvalue weighted by Crippen LogP contribution is -2.49. The van der Waals surface area contributed by atoms with Crippen LogP contribution in [0.5, 0.6) is 5.75 Å². The minimum atomic E-state index is -0.531. The van der Waals surface area contributed by atoms with Gasteiger partial charge in [-0.15, -0.1) is 0 Å². The summed E-state index contributed by atoms with van der Waals surface area (Å²) in [7, 11) is 1.61. The first-order chi connectivity index (χ1) is 12.5. The van der Waals surface area contributed by atoms with Gasteiger partial charge in [0.1, 0.15) is 17.5 Å². The van der Waals surface area contributed by atoms with Gasteiger partial charge in [0, 0.05) is 24.0 Å². The maximum absolute atomic E-state index is 12.6. The summed E-state index contributed by atoms with van der Waals surface area (Å²) in [6.45, 7) is 3.38. The first-order valence-corrected chi connectivity index (χ1v) is 9.26. The van der Waals surface area contributed by atoms with Gasteiger partial charge in [-0.05, 0) is 62.3 Å². The lowest BCUT2D eigenvalue weighted by Gasteiger charge is -2.33. The zero-order valence-electron chi connectivity index (χ0n) is 15.3. The van der Waals surface area contributed by atoms with Gasteiger partial charge in [0.2, 0.25) is 5.91 Å². The van der Waals surface area contributed by atoms with Gasteiger partial charge >= 0.3 is 0 Å². The Morgan fingerprint density at radius 3 is 2.58 bits per heavy atom. The Kier molecular flexibility index (Phi) is 4.13. The highest BCUT2D eigenvalue weighted by atomic mass is 16.5. The Labute approximate surface area is 152 Å². The van der Waals surface area contributed by atoms with E-state index in [1.54, 1.807) is 20.1 Å². The van der Waals surface area contributed by atoms with Gasteiger partial charge < -0.3 is 19.9 Å². The van der Waals surface area contributed by atoms with Crippen molar-refractivity contribution in [2.24, 2.45) is 5.41 Å². The second kappa shape index (κ2) is 6.34. The van der Waals surface area contributed by atoms with Crippen molar-refractivity contribution in [2.75, 3.05) is 20.2 Å². The largest absolute Gasteiger partial charge is 0.497 e. The molecule has 0 radical (unpaired) electrons. The maximum Gasteiger partial charge on any atom is 0.268 e. The molecule has 0 unspecified atom stereocenters. The number of methoxy groups -OCH3 is 1. The molecule has 4 rings (SSSR count). The molecule has 1 aliphatic carbocycles. The summed E-state index contributed by atoms with van der Waals surface area (Å²) in [6, 6.07) is 6.84. The second-order valence-electron chi connectivity index (χ2n) is 7.66. The van der Waals surface area contributed by atoms with Crippen molar-refractivity contribution >= 4 is 22.7 Å². The van der Waals surface area contributed by atoms with E-state index < -0.39 is 6.04 Å². The molecular formula is C20H25N3O3. The fourth-order valence-corrected chi connectivity index (χ4v) is 3.85. The van der Waals surface area contributed by atoms with Gasteiger partial charge in [-0.25, -0.2) is 0 Å². The number of aromatic nitrogens is 1. The van der Waals surface area contributed by atoms with Gasteiger partial charge in [-0.3, -0.25) is 9.59 Å². The number of benzene rings is 1. The summed E-state index contributed by atoms with van der Waals surface area (Å²) in [5.41, 5.74) is 1.85. The molecule has 2 heterocycles. The number of amides is 2. The maximum atomic E-state index is 12.6. The molecule has 0 bridgehead atoms. The number of hydrogen-bond donors (Lipinski definition) is 2. The van der Waals surface area contributed by atoms with Gasteiger partial charge in [-0.2, -0.15) is 0 Å². The van der Waals surface area contributed by atoms with E-state index in [1.807, 2.05) is 23.1 Å². The van der Waals surface area contributed by atoms with Gasteiger partial charge in [0.05, 0.1) is 7.11 Å². The van der Waals surface area contributed by atoms with Crippen LogP contribution in [0.1, 0.15) is 43.1 Å². The Balaban J connectivity index is 1.39. The minimum absolute atomic E-state index is 0.00614. The van der Waals surface area contributed by atoms with Crippen LogP contribution in [0.2, 0.25) is 0 Å². The molecule has 6 heteroatoms. The average molecular weight is 355 g/mol. The Bertz CT molecular complexity index is 843. The highest BCUT2D eigenvalue weighted by Gasteiger charge is 2.45. The van der Waals surface area contributed by atoms with E-state index in [4.69, 9.17) is 4.74 Å². The highest BCUT2D eigenvalue weighted by molar-refractivity contribution is 6.00. The van der Waals surface area contributed by atoms with Crippen molar-refractivity contribution in [3.05, 3.63) is 30.0 Å². The molecule has 1 spiro atoms. The standard InChI is InChI=1S/C20H25N3O3/c1-13(19(25)23-9-7-20(5-6-20)8-10-23)21-18(24)17-12-14-11-15(26-2)3-4-16(14)22-17/h3-4,11-13,22H,5-10H2,1-2H3,(H,21,24)/t13-/m0/s1. The molecule has 1 aromatic carbocycles. The number of aromatic amines is 1. The molecule has 2 N–H and O–H groups in total. The molecule has 2 aliphatic rings. The predicted molar refractivity (Wildman–Crippen MR) is 99.3 cm³/mol. The molecule has 2 fully saturated rings. The van der Waals surface area contributed by atoms with Gasteiger partial charge in [0.25, 0.3) is 5.91 Å². The zero-order chi connectivity index (χ0) is 18.3. The van der Waals surface area contributed by atoms with E-state index in [1.165, 1.54) is 12.8 Å². The van der Waals surface area contributed by atoms with Crippen LogP contribution >= 0.6 is 0 Å². The third-order valence-corrected chi connectivity index (χ3v) is 5.88. The molecule has 1 saturated heterocycles. The van der Waals surface area contributed by atoms with E-state index in [0.29, 0.717) is 11.1 Å². The molecule has 2 aromatic rings. The zero-order valence-corrected chi connectivity index (χ0v) is 15.3. The number of piperidine rings is 1. The summed E-state index contributed by atoms with van der Waals surface area (Å²) >= 11 is 0. The number of nitrogens with one attached hydrogen (secondary N) is 2. The monoisotopic (exact) mass is 355 g/mol. The molecule has 1 atom stereocenters. The number of H-pyrrole nitrogens is 1. The smallest absolute Gasteiger partial charge is 0.268 e. The Morgan fingerprint density at radius 2 is 1.92 bits per heavy atom. The number of rotatable bonds is 4. The molecule has 26 heavy (non-hydrogen) atoms. The summed E-state index contributed by atoms with van der Waals surface area (Å²) in [5, 5.41) is 3.73. The normalized spacial score (nSPS) is 19.4. The van der Waals surface area contributed by atoms with Crippen molar-refractivity contribution in [1.29, 1.82) is 0 Å². The number of nitrogens with zero attached hydrogens (tertiary/aromatic N) is 1. The summed E-state index contributed by atoms with van der Waals surface area (Å²) in [5.74, 6) is 0.480. The molecule has 1 saturated carbocycles. The predicted octanol–water partition coefficient (Wildman–Crippen LogP) is 2.70. The van der Waals surface area contributed by atoms with Crippen molar-refractivity contribution < 1.29 is 14.3 Å². The number of carbonyl (C=O) groups excluding carboxylic acids is 2. The third-order valence-electron chi connectivity index (χ3n) is 5.88. The highest BCUT2D eigenvalue weighted by Crippen LogP contribution is 2.53. The third kappa shape index (κ3) is 3.16. The van der Waals surface area contributed by atoms with Crippen molar-refractivity contribution in [1.82, 2.24) is 15.2 Å². The van der Waals surface area contributed by atoms with E-state index in [2.05, 4.69) is 10.3 Å². The van der Waals surface area contributed by atoms with Crippen LogP contribution in [0.15, 0.2) is 24.3 Å². The number of ether oxygens (including phenoxy) is 1. The lowest BCUT2D eigenvalue weighted by atomic mass is 9.93. The van der Waals surface area contributed by atoms with E-state index in [9.17, 15) is 9.59 Å². The fourth-order valence-electron chi connectivity index (χ4n) is 3.85. The van der Waals surface area contributed by atoms with Crippen LogP contribution in [-0.4, -0.2) is 47.9 Å². The summed E-state index contributed by atoms with van der Waals surface area (Å²) in [4.78, 5) is 30.2. The molecular weight excluding hydrogens is 330 g/mol. The number of carbonyl (C=O) groups is 2. The SMILES string of the molecule is COc1ccc2[nH]c(C(=O)N[C@@H](C)C(=O)N3CCC4(CC3)CC4)cc2c1. The molecule has 2 amide bonds. The quantitative estimate of drug-likeness (QED) is 0.885. The van der Waals surface area contributed by atoms with Crippen LogP contribution < -0.4 is 10.1 Å². The lowest BCUT2D eigenvalue weighted by molar-refractivity contribution is -0.134. The molecule has 1 aromatic heterocycles. The van der Waals surface area contributed by atoms with Crippen molar-refractivity contribution in [3.63, 3.8) is 0 Å². The Hall–Kier alpha value is -2.50. The van der Waals surface area contributed by atoms with Crippen LogP contribution in [0, 0.1) is 5.41 Å². The first kappa shape index (κ1) is 16.9. The van der Waals surface area contributed by atoms with Crippen LogP contribution in [0.25, 0.3) is 10.9 Å². The molecule has 6 nitrogen and oxygen atoms in total. The minimum Gasteiger partial charge on any atom is -0.497 e. The van der Waals surface area contributed by atoms with Crippen molar-refractivity contribution in [2.45, 2.75) is 38.6 Å². The van der Waals surface area contributed by atoms with E-state index >= 15 is 0 Å². The fraction of sp³-hybridized carbons (Fsp3) is 0.500. The van der Waals surface area contributed by atoms with E-state index in [0.717, 1.165) is 42.6 Å².